The van der Waals surface area contributed by atoms with Gasteiger partial charge in [0.05, 0.1) is 0 Å². The predicted molar refractivity (Wildman–Crippen MR) is 50.2 cm³/mol. The summed E-state index contributed by atoms with van der Waals surface area (Å²) in [4.78, 5) is 2.26. The standard InChI is InChI=1S/C10H17NO/c1-5-11(4)7-10-6-8(2)12-9(10)3/h6H,5,7H2,1-4H3. The zero-order valence-electron chi connectivity index (χ0n) is 8.35. The lowest BCUT2D eigenvalue weighted by molar-refractivity contribution is 0.342. The van der Waals surface area contributed by atoms with Gasteiger partial charge >= 0.3 is 0 Å². The smallest absolute Gasteiger partial charge is 0.105 e. The molecule has 68 valence electrons. The Bertz CT molecular complexity index is 252. The zero-order valence-corrected chi connectivity index (χ0v) is 8.35. The van der Waals surface area contributed by atoms with E-state index in [0.29, 0.717) is 0 Å². The maximum Gasteiger partial charge on any atom is 0.105 e. The van der Waals surface area contributed by atoms with Crippen molar-refractivity contribution in [2.24, 2.45) is 0 Å². The van der Waals surface area contributed by atoms with Crippen molar-refractivity contribution in [1.82, 2.24) is 4.90 Å². The molecule has 1 heterocycles. The second-order valence-electron chi connectivity index (χ2n) is 3.27. The van der Waals surface area contributed by atoms with Crippen LogP contribution in [0.25, 0.3) is 0 Å². The Kier molecular flexibility index (Phi) is 2.93. The summed E-state index contributed by atoms with van der Waals surface area (Å²) < 4.78 is 5.43. The van der Waals surface area contributed by atoms with Crippen LogP contribution in [0.1, 0.15) is 24.0 Å². The second kappa shape index (κ2) is 3.76. The van der Waals surface area contributed by atoms with Crippen LogP contribution in [0.3, 0.4) is 0 Å². The van der Waals surface area contributed by atoms with Crippen LogP contribution in [-0.4, -0.2) is 18.5 Å². The minimum Gasteiger partial charge on any atom is -0.466 e. The largest absolute Gasteiger partial charge is 0.466 e. The van der Waals surface area contributed by atoms with Crippen LogP contribution in [0, 0.1) is 13.8 Å². The van der Waals surface area contributed by atoms with Crippen LogP contribution in [-0.2, 0) is 6.54 Å². The molecule has 1 aromatic rings. The molecule has 0 spiro atoms. The predicted octanol–water partition coefficient (Wildman–Crippen LogP) is 2.35. The number of aryl methyl sites for hydroxylation is 2. The Labute approximate surface area is 74.2 Å². The van der Waals surface area contributed by atoms with E-state index in [1.807, 2.05) is 13.8 Å². The molecule has 0 fully saturated rings. The first-order valence-corrected chi connectivity index (χ1v) is 4.38. The fraction of sp³-hybridized carbons (Fsp3) is 0.600. The van der Waals surface area contributed by atoms with Crippen LogP contribution in [0.5, 0.6) is 0 Å². The Balaban J connectivity index is 2.68. The molecule has 1 rings (SSSR count). The normalized spacial score (nSPS) is 11.1. The van der Waals surface area contributed by atoms with Crippen LogP contribution < -0.4 is 0 Å². The van der Waals surface area contributed by atoms with Gasteiger partial charge in [0.1, 0.15) is 11.5 Å². The Morgan fingerprint density at radius 3 is 2.50 bits per heavy atom. The second-order valence-corrected chi connectivity index (χ2v) is 3.27. The summed E-state index contributed by atoms with van der Waals surface area (Å²) in [7, 11) is 2.11. The minimum atomic E-state index is 0.986. The summed E-state index contributed by atoms with van der Waals surface area (Å²) in [5, 5.41) is 0. The van der Waals surface area contributed by atoms with E-state index in [9.17, 15) is 0 Å². The van der Waals surface area contributed by atoms with Gasteiger partial charge in [-0.1, -0.05) is 6.92 Å². The fourth-order valence-electron chi connectivity index (χ4n) is 1.24. The molecule has 0 aliphatic heterocycles. The van der Waals surface area contributed by atoms with Gasteiger partial charge in [-0.2, -0.15) is 0 Å². The molecule has 0 aliphatic rings. The fourth-order valence-corrected chi connectivity index (χ4v) is 1.24. The van der Waals surface area contributed by atoms with Crippen molar-refractivity contribution in [3.05, 3.63) is 23.2 Å². The van der Waals surface area contributed by atoms with E-state index >= 15 is 0 Å². The first kappa shape index (κ1) is 9.33. The molecule has 0 N–H and O–H groups in total. The van der Waals surface area contributed by atoms with E-state index in [-0.39, 0.29) is 0 Å². The summed E-state index contributed by atoms with van der Waals surface area (Å²) in [6.45, 7) is 8.22. The molecule has 0 amide bonds. The lowest BCUT2D eigenvalue weighted by atomic mass is 10.2. The van der Waals surface area contributed by atoms with Gasteiger partial charge in [0.25, 0.3) is 0 Å². The highest BCUT2D eigenvalue weighted by Gasteiger charge is 2.05. The maximum absolute atomic E-state index is 5.43. The van der Waals surface area contributed by atoms with Gasteiger partial charge in [-0.15, -0.1) is 0 Å². The lowest BCUT2D eigenvalue weighted by Gasteiger charge is -2.12. The summed E-state index contributed by atoms with van der Waals surface area (Å²) in [5.41, 5.74) is 1.30. The molecule has 0 aromatic carbocycles. The molecule has 12 heavy (non-hydrogen) atoms. The molecule has 0 unspecified atom stereocenters. The highest BCUT2D eigenvalue weighted by Crippen LogP contribution is 2.14. The van der Waals surface area contributed by atoms with Crippen LogP contribution >= 0.6 is 0 Å². The summed E-state index contributed by atoms with van der Waals surface area (Å²) in [6, 6.07) is 2.11. The van der Waals surface area contributed by atoms with Gasteiger partial charge in [0.15, 0.2) is 0 Å². The Hall–Kier alpha value is -0.760. The van der Waals surface area contributed by atoms with Gasteiger partial charge < -0.3 is 9.32 Å². The monoisotopic (exact) mass is 167 g/mol. The van der Waals surface area contributed by atoms with Crippen molar-refractivity contribution in [3.8, 4) is 0 Å². The molecule has 0 atom stereocenters. The number of hydrogen-bond acceptors (Lipinski definition) is 2. The van der Waals surface area contributed by atoms with E-state index in [1.165, 1.54) is 5.56 Å². The SMILES string of the molecule is CCN(C)Cc1cc(C)oc1C. The number of rotatable bonds is 3. The van der Waals surface area contributed by atoms with E-state index in [0.717, 1.165) is 24.6 Å². The van der Waals surface area contributed by atoms with Crippen molar-refractivity contribution in [2.45, 2.75) is 27.3 Å². The average Bonchev–Trinajstić information content (AvgIpc) is 2.30. The first-order chi connectivity index (χ1) is 5.63. The average molecular weight is 167 g/mol. The number of nitrogens with zero attached hydrogens (tertiary/aromatic N) is 1. The van der Waals surface area contributed by atoms with Crippen molar-refractivity contribution >= 4 is 0 Å². The van der Waals surface area contributed by atoms with Crippen LogP contribution in [0.15, 0.2) is 10.5 Å². The molecular weight excluding hydrogens is 150 g/mol. The van der Waals surface area contributed by atoms with Crippen molar-refractivity contribution < 1.29 is 4.42 Å². The third-order valence-corrected chi connectivity index (χ3v) is 2.12. The van der Waals surface area contributed by atoms with Gasteiger partial charge in [0.2, 0.25) is 0 Å². The topological polar surface area (TPSA) is 16.4 Å². The van der Waals surface area contributed by atoms with Gasteiger partial charge in [-0.05, 0) is 33.5 Å². The van der Waals surface area contributed by atoms with Crippen molar-refractivity contribution in [1.29, 1.82) is 0 Å². The minimum absolute atomic E-state index is 0.986. The Morgan fingerprint density at radius 2 is 2.08 bits per heavy atom. The summed E-state index contributed by atoms with van der Waals surface area (Å²) in [5.74, 6) is 2.06. The van der Waals surface area contributed by atoms with Crippen molar-refractivity contribution in [2.75, 3.05) is 13.6 Å². The van der Waals surface area contributed by atoms with Gasteiger partial charge in [0, 0.05) is 12.1 Å². The summed E-state index contributed by atoms with van der Waals surface area (Å²) in [6.07, 6.45) is 0. The number of furan rings is 1. The maximum atomic E-state index is 5.43. The molecule has 2 heteroatoms. The van der Waals surface area contributed by atoms with E-state index < -0.39 is 0 Å². The molecule has 1 aromatic heterocycles. The van der Waals surface area contributed by atoms with E-state index in [2.05, 4.69) is 24.9 Å². The van der Waals surface area contributed by atoms with Gasteiger partial charge in [-0.3, -0.25) is 0 Å². The highest BCUT2D eigenvalue weighted by atomic mass is 16.3. The third kappa shape index (κ3) is 2.11. The zero-order chi connectivity index (χ0) is 9.14. The number of hydrogen-bond donors (Lipinski definition) is 0. The van der Waals surface area contributed by atoms with Crippen LogP contribution in [0.2, 0.25) is 0 Å². The van der Waals surface area contributed by atoms with Crippen molar-refractivity contribution in [3.63, 3.8) is 0 Å². The van der Waals surface area contributed by atoms with Crippen LogP contribution in [0.4, 0.5) is 0 Å². The summed E-state index contributed by atoms with van der Waals surface area (Å²) >= 11 is 0. The lowest BCUT2D eigenvalue weighted by Crippen LogP contribution is -2.16. The quantitative estimate of drug-likeness (QED) is 0.687. The molecule has 0 saturated carbocycles. The molecule has 0 saturated heterocycles. The van der Waals surface area contributed by atoms with E-state index in [1.54, 1.807) is 0 Å². The third-order valence-electron chi connectivity index (χ3n) is 2.12. The molecule has 0 bridgehead atoms. The molecule has 0 radical (unpaired) electrons. The Morgan fingerprint density at radius 1 is 1.42 bits per heavy atom. The first-order valence-electron chi connectivity index (χ1n) is 4.38. The highest BCUT2D eigenvalue weighted by molar-refractivity contribution is 5.19. The van der Waals surface area contributed by atoms with E-state index in [4.69, 9.17) is 4.42 Å². The van der Waals surface area contributed by atoms with Gasteiger partial charge in [-0.25, -0.2) is 0 Å². The molecule has 0 aliphatic carbocycles. The molecular formula is C10H17NO. The molecule has 2 nitrogen and oxygen atoms in total.